The fourth-order valence-electron chi connectivity index (χ4n) is 2.83. The first-order valence-corrected chi connectivity index (χ1v) is 7.00. The Hall–Kier alpha value is -3.28. The molecular formula is C17H10N2O4. The summed E-state index contributed by atoms with van der Waals surface area (Å²) in [6, 6.07) is 10.4. The van der Waals surface area contributed by atoms with E-state index in [0.29, 0.717) is 28.9 Å². The minimum absolute atomic E-state index is 0.363. The van der Waals surface area contributed by atoms with Gasteiger partial charge in [0.2, 0.25) is 0 Å². The average molecular weight is 306 g/mol. The highest BCUT2D eigenvalue weighted by Gasteiger charge is 2.29. The Morgan fingerprint density at radius 2 is 1.09 bits per heavy atom. The molecule has 0 radical (unpaired) electrons. The minimum atomic E-state index is -0.620. The van der Waals surface area contributed by atoms with Crippen LogP contribution in [0.2, 0.25) is 0 Å². The lowest BCUT2D eigenvalue weighted by Crippen LogP contribution is -2.12. The quantitative estimate of drug-likeness (QED) is 0.823. The minimum Gasteiger partial charge on any atom is -0.318 e. The van der Waals surface area contributed by atoms with E-state index < -0.39 is 23.4 Å². The molecule has 2 aromatic rings. The molecule has 0 bridgehead atoms. The summed E-state index contributed by atoms with van der Waals surface area (Å²) in [6.07, 6.45) is 0.490. The van der Waals surface area contributed by atoms with Crippen LogP contribution in [-0.2, 0) is 16.0 Å². The lowest BCUT2D eigenvalue weighted by molar-refractivity contribution is -0.112. The Balaban J connectivity index is 1.66. The Morgan fingerprint density at radius 3 is 1.52 bits per heavy atom. The number of amides is 2. The molecule has 2 heterocycles. The zero-order valence-corrected chi connectivity index (χ0v) is 11.8. The van der Waals surface area contributed by atoms with Crippen molar-refractivity contribution in [2.24, 2.45) is 0 Å². The van der Waals surface area contributed by atoms with Crippen LogP contribution in [0.1, 0.15) is 31.8 Å². The van der Waals surface area contributed by atoms with Gasteiger partial charge >= 0.3 is 0 Å². The molecule has 0 saturated carbocycles. The van der Waals surface area contributed by atoms with E-state index in [2.05, 4.69) is 10.6 Å². The number of hydrogen-bond acceptors (Lipinski definition) is 4. The SMILES string of the molecule is O=C1Nc2ccc(Cc3ccc4c(c3)C(=O)C(=O)N4)cc2C1=O. The molecule has 0 atom stereocenters. The molecule has 23 heavy (non-hydrogen) atoms. The number of benzene rings is 2. The standard InChI is InChI=1S/C17H10N2O4/c20-14-10-6-8(1-3-12(10)18-16(14)22)5-9-2-4-13-11(7-9)15(21)17(23)19-13/h1-4,6-7H,5H2,(H,18,20,22)(H,19,21,23). The van der Waals surface area contributed by atoms with E-state index >= 15 is 0 Å². The van der Waals surface area contributed by atoms with E-state index in [4.69, 9.17) is 0 Å². The monoisotopic (exact) mass is 306 g/mol. The van der Waals surface area contributed by atoms with Gasteiger partial charge in [-0.15, -0.1) is 0 Å². The second-order valence-corrected chi connectivity index (χ2v) is 5.50. The number of Topliss-reactive ketones (excluding diaryl/α,β-unsaturated/α-hetero) is 2. The highest BCUT2D eigenvalue weighted by molar-refractivity contribution is 6.52. The first kappa shape index (κ1) is 13.4. The van der Waals surface area contributed by atoms with Crippen LogP contribution in [0.5, 0.6) is 0 Å². The molecule has 2 N–H and O–H groups in total. The van der Waals surface area contributed by atoms with Crippen LogP contribution >= 0.6 is 0 Å². The number of anilines is 2. The zero-order valence-electron chi connectivity index (χ0n) is 11.8. The smallest absolute Gasteiger partial charge is 0.296 e. The highest BCUT2D eigenvalue weighted by Crippen LogP contribution is 2.27. The van der Waals surface area contributed by atoms with Crippen molar-refractivity contribution < 1.29 is 19.2 Å². The van der Waals surface area contributed by atoms with Gasteiger partial charge in [0.1, 0.15) is 0 Å². The lowest BCUT2D eigenvalue weighted by atomic mass is 9.99. The second kappa shape index (κ2) is 4.61. The van der Waals surface area contributed by atoms with Crippen LogP contribution in [-0.4, -0.2) is 23.4 Å². The molecule has 2 amide bonds. The summed E-state index contributed by atoms with van der Waals surface area (Å²) in [6.45, 7) is 0. The predicted molar refractivity (Wildman–Crippen MR) is 81.6 cm³/mol. The largest absolute Gasteiger partial charge is 0.318 e. The van der Waals surface area contributed by atoms with Crippen molar-refractivity contribution in [3.8, 4) is 0 Å². The maximum Gasteiger partial charge on any atom is 0.296 e. The molecule has 2 aliphatic rings. The number of fused-ring (bicyclic) bond motifs is 2. The van der Waals surface area contributed by atoms with Gasteiger partial charge in [0.25, 0.3) is 23.4 Å². The number of carbonyl (C=O) groups excluding carboxylic acids is 4. The Kier molecular flexibility index (Phi) is 2.68. The first-order valence-electron chi connectivity index (χ1n) is 7.00. The van der Waals surface area contributed by atoms with Gasteiger partial charge in [-0.3, -0.25) is 19.2 Å². The molecular weight excluding hydrogens is 296 g/mol. The van der Waals surface area contributed by atoms with Gasteiger partial charge in [0.15, 0.2) is 0 Å². The molecule has 6 heteroatoms. The summed E-state index contributed by atoms with van der Waals surface area (Å²) in [5.41, 5.74) is 3.45. The van der Waals surface area contributed by atoms with Gasteiger partial charge < -0.3 is 10.6 Å². The van der Waals surface area contributed by atoms with Gasteiger partial charge in [-0.05, 0) is 41.8 Å². The maximum absolute atomic E-state index is 11.7. The number of nitrogens with one attached hydrogen (secondary N) is 2. The molecule has 0 aliphatic carbocycles. The van der Waals surface area contributed by atoms with Gasteiger partial charge in [0.05, 0.1) is 22.5 Å². The van der Waals surface area contributed by atoms with Crippen LogP contribution in [0.25, 0.3) is 0 Å². The van der Waals surface area contributed by atoms with Crippen LogP contribution < -0.4 is 10.6 Å². The summed E-state index contributed by atoms with van der Waals surface area (Å²) < 4.78 is 0. The highest BCUT2D eigenvalue weighted by atomic mass is 16.2. The third-order valence-corrected chi connectivity index (χ3v) is 3.97. The van der Waals surface area contributed by atoms with Gasteiger partial charge in [-0.1, -0.05) is 12.1 Å². The van der Waals surface area contributed by atoms with Crippen LogP contribution in [0.3, 0.4) is 0 Å². The van der Waals surface area contributed by atoms with Crippen molar-refractivity contribution in [2.45, 2.75) is 6.42 Å². The van der Waals surface area contributed by atoms with Crippen molar-refractivity contribution in [1.82, 2.24) is 0 Å². The normalized spacial score (nSPS) is 15.3. The third kappa shape index (κ3) is 2.03. The van der Waals surface area contributed by atoms with Crippen LogP contribution in [0.15, 0.2) is 36.4 Å². The molecule has 2 aromatic carbocycles. The number of ketones is 2. The van der Waals surface area contributed by atoms with Crippen molar-refractivity contribution in [2.75, 3.05) is 10.6 Å². The maximum atomic E-state index is 11.7. The van der Waals surface area contributed by atoms with Crippen LogP contribution in [0.4, 0.5) is 11.4 Å². The third-order valence-electron chi connectivity index (χ3n) is 3.97. The molecule has 6 nitrogen and oxygen atoms in total. The summed E-state index contributed by atoms with van der Waals surface area (Å²) in [4.78, 5) is 46.2. The fraction of sp³-hybridized carbons (Fsp3) is 0.0588. The van der Waals surface area contributed by atoms with E-state index in [1.165, 1.54) is 0 Å². The molecule has 0 aromatic heterocycles. The molecule has 0 unspecified atom stereocenters. The van der Waals surface area contributed by atoms with E-state index in [1.807, 2.05) is 12.1 Å². The van der Waals surface area contributed by atoms with Crippen LogP contribution in [0, 0.1) is 0 Å². The molecule has 2 aliphatic heterocycles. The molecule has 4 rings (SSSR count). The predicted octanol–water partition coefficient (Wildman–Crippen LogP) is 1.55. The Morgan fingerprint density at radius 1 is 0.652 bits per heavy atom. The summed E-state index contributed by atoms with van der Waals surface area (Å²) in [7, 11) is 0. The van der Waals surface area contributed by atoms with E-state index in [1.54, 1.807) is 24.3 Å². The zero-order chi connectivity index (χ0) is 16.1. The van der Waals surface area contributed by atoms with Crippen molar-refractivity contribution >= 4 is 34.8 Å². The Labute approximate surface area is 130 Å². The molecule has 112 valence electrons. The van der Waals surface area contributed by atoms with Gasteiger partial charge in [-0.2, -0.15) is 0 Å². The second-order valence-electron chi connectivity index (χ2n) is 5.50. The fourth-order valence-corrected chi connectivity index (χ4v) is 2.83. The molecule has 0 saturated heterocycles. The first-order chi connectivity index (χ1) is 11.0. The van der Waals surface area contributed by atoms with E-state index in [0.717, 1.165) is 11.1 Å². The topological polar surface area (TPSA) is 92.3 Å². The van der Waals surface area contributed by atoms with E-state index in [9.17, 15) is 19.2 Å². The summed E-state index contributed by atoms with van der Waals surface area (Å²) >= 11 is 0. The van der Waals surface area contributed by atoms with Gasteiger partial charge in [-0.25, -0.2) is 0 Å². The van der Waals surface area contributed by atoms with Crippen molar-refractivity contribution in [3.63, 3.8) is 0 Å². The lowest BCUT2D eigenvalue weighted by Gasteiger charge is -2.06. The summed E-state index contributed by atoms with van der Waals surface area (Å²) in [5, 5.41) is 5.01. The van der Waals surface area contributed by atoms with Gasteiger partial charge in [0, 0.05) is 0 Å². The number of hydrogen-bond donors (Lipinski definition) is 2. The average Bonchev–Trinajstić information content (AvgIpc) is 2.98. The van der Waals surface area contributed by atoms with Crippen molar-refractivity contribution in [3.05, 3.63) is 58.7 Å². The number of carbonyl (C=O) groups is 4. The Bertz CT molecular complexity index is 855. The van der Waals surface area contributed by atoms with E-state index in [-0.39, 0.29) is 0 Å². The molecule has 0 spiro atoms. The molecule has 0 fully saturated rings. The summed E-state index contributed by atoms with van der Waals surface area (Å²) in [5.74, 6) is -2.32. The number of rotatable bonds is 2. The van der Waals surface area contributed by atoms with Crippen molar-refractivity contribution in [1.29, 1.82) is 0 Å².